The molecule has 0 fully saturated rings. The third-order valence-electron chi connectivity index (χ3n) is 4.48. The molecule has 1 aliphatic carbocycles. The van der Waals surface area contributed by atoms with Crippen molar-refractivity contribution >= 4 is 5.91 Å². The average Bonchev–Trinajstić information content (AvgIpc) is 3.15. The van der Waals surface area contributed by atoms with Gasteiger partial charge in [-0.3, -0.25) is 9.89 Å². The summed E-state index contributed by atoms with van der Waals surface area (Å²) in [5, 5.41) is 18.6. The lowest BCUT2D eigenvalue weighted by molar-refractivity contribution is -0.124. The molecule has 0 bridgehead atoms. The smallest absolute Gasteiger partial charge is 0.228 e. The number of aromatic amines is 1. The molecule has 0 radical (unpaired) electrons. The van der Waals surface area contributed by atoms with E-state index >= 15 is 0 Å². The van der Waals surface area contributed by atoms with Gasteiger partial charge in [-0.15, -0.1) is 5.10 Å². The number of hydrogen-bond donors (Lipinski definition) is 2. The molecule has 2 aromatic heterocycles. The second-order valence-electron chi connectivity index (χ2n) is 7.04. The van der Waals surface area contributed by atoms with Crippen LogP contribution in [0.2, 0.25) is 0 Å². The largest absolute Gasteiger partial charge is 0.345 e. The number of nitrogens with one attached hydrogen (secondary N) is 2. The van der Waals surface area contributed by atoms with E-state index in [1.54, 1.807) is 10.9 Å². The summed E-state index contributed by atoms with van der Waals surface area (Å²) in [4.78, 5) is 12.8. The first-order chi connectivity index (χ1) is 10.9. The van der Waals surface area contributed by atoms with Gasteiger partial charge < -0.3 is 5.32 Å². The Hall–Kier alpha value is -2.18. The van der Waals surface area contributed by atoms with Crippen LogP contribution in [0, 0.1) is 0 Å². The number of nitrogens with zero attached hydrogens (tertiary/aromatic N) is 4. The fraction of sp³-hybridized carbons (Fsp3) is 0.625. The number of carbonyl (C=O) groups is 1. The molecule has 7 heteroatoms. The highest BCUT2D eigenvalue weighted by molar-refractivity contribution is 5.84. The predicted octanol–water partition coefficient (Wildman–Crippen LogP) is 2.05. The highest BCUT2D eigenvalue weighted by Gasteiger charge is 2.33. The van der Waals surface area contributed by atoms with Crippen LogP contribution in [0.1, 0.15) is 69.4 Å². The van der Waals surface area contributed by atoms with Gasteiger partial charge in [0.2, 0.25) is 5.91 Å². The van der Waals surface area contributed by atoms with Crippen molar-refractivity contribution in [2.75, 3.05) is 0 Å². The number of hydrogen-bond acceptors (Lipinski definition) is 4. The Kier molecular flexibility index (Phi) is 3.95. The van der Waals surface area contributed by atoms with Crippen molar-refractivity contribution in [3.63, 3.8) is 0 Å². The zero-order valence-electron chi connectivity index (χ0n) is 14.1. The Morgan fingerprint density at radius 1 is 1.48 bits per heavy atom. The lowest BCUT2D eigenvalue weighted by Gasteiger charge is -2.28. The summed E-state index contributed by atoms with van der Waals surface area (Å²) < 4.78 is 1.80. The molecule has 124 valence electrons. The molecule has 3 rings (SSSR count). The highest BCUT2D eigenvalue weighted by atomic mass is 16.2. The topological polar surface area (TPSA) is 88.5 Å². The molecule has 0 saturated carbocycles. The van der Waals surface area contributed by atoms with E-state index in [0.717, 1.165) is 36.2 Å². The fourth-order valence-corrected chi connectivity index (χ4v) is 3.01. The molecule has 2 aromatic rings. The summed E-state index contributed by atoms with van der Waals surface area (Å²) in [6.45, 7) is 8.01. The van der Waals surface area contributed by atoms with E-state index in [9.17, 15) is 4.79 Å². The summed E-state index contributed by atoms with van der Waals surface area (Å²) in [5.74, 6) is -0.117. The molecule has 23 heavy (non-hydrogen) atoms. The molecule has 7 nitrogen and oxygen atoms in total. The molecular weight excluding hydrogens is 292 g/mol. The van der Waals surface area contributed by atoms with Gasteiger partial charge in [0.15, 0.2) is 0 Å². The van der Waals surface area contributed by atoms with Crippen molar-refractivity contribution in [1.82, 2.24) is 30.5 Å². The standard InChI is InChI=1S/C16H24N6O/c1-10(2)22-9-14(20-21-22)16(3,4)18-15(23)11-6-5-7-13-12(11)8-17-19-13/h8-11H,5-7H2,1-4H3,(H,17,19)(H,18,23). The van der Waals surface area contributed by atoms with E-state index in [4.69, 9.17) is 0 Å². The number of rotatable bonds is 4. The number of carbonyl (C=O) groups excluding carboxylic acids is 1. The van der Waals surface area contributed by atoms with Crippen LogP contribution in [0.5, 0.6) is 0 Å². The van der Waals surface area contributed by atoms with Crippen molar-refractivity contribution in [2.24, 2.45) is 0 Å². The van der Waals surface area contributed by atoms with Crippen LogP contribution in [0.15, 0.2) is 12.4 Å². The van der Waals surface area contributed by atoms with E-state index < -0.39 is 5.54 Å². The lowest BCUT2D eigenvalue weighted by Crippen LogP contribution is -2.44. The Balaban J connectivity index is 1.77. The molecule has 0 spiro atoms. The molecule has 0 aromatic carbocycles. The minimum absolute atomic E-state index is 0.0245. The second kappa shape index (κ2) is 5.79. The summed E-state index contributed by atoms with van der Waals surface area (Å²) in [6, 6.07) is 0.245. The maximum atomic E-state index is 12.8. The van der Waals surface area contributed by atoms with Gasteiger partial charge in [0.25, 0.3) is 0 Å². The van der Waals surface area contributed by atoms with Gasteiger partial charge in [-0.25, -0.2) is 4.68 Å². The third kappa shape index (κ3) is 3.00. The van der Waals surface area contributed by atoms with Gasteiger partial charge in [0, 0.05) is 17.3 Å². The summed E-state index contributed by atoms with van der Waals surface area (Å²) >= 11 is 0. The number of aryl methyl sites for hydroxylation is 1. The van der Waals surface area contributed by atoms with Crippen LogP contribution < -0.4 is 5.32 Å². The minimum atomic E-state index is -0.564. The average molecular weight is 316 g/mol. The Labute approximate surface area is 135 Å². The zero-order chi connectivity index (χ0) is 16.6. The first-order valence-electron chi connectivity index (χ1n) is 8.15. The molecule has 1 aliphatic rings. The van der Waals surface area contributed by atoms with Gasteiger partial charge in [-0.1, -0.05) is 5.21 Å². The van der Waals surface area contributed by atoms with Gasteiger partial charge in [-0.05, 0) is 47.0 Å². The van der Waals surface area contributed by atoms with Crippen LogP contribution in [-0.4, -0.2) is 31.1 Å². The first-order valence-corrected chi connectivity index (χ1v) is 8.15. The molecule has 1 amide bonds. The minimum Gasteiger partial charge on any atom is -0.345 e. The lowest BCUT2D eigenvalue weighted by atomic mass is 9.85. The van der Waals surface area contributed by atoms with E-state index in [1.165, 1.54) is 0 Å². The normalized spacial score (nSPS) is 18.0. The van der Waals surface area contributed by atoms with Gasteiger partial charge >= 0.3 is 0 Å². The molecule has 2 heterocycles. The zero-order valence-corrected chi connectivity index (χ0v) is 14.1. The predicted molar refractivity (Wildman–Crippen MR) is 85.8 cm³/mol. The molecule has 2 N–H and O–H groups in total. The van der Waals surface area contributed by atoms with Gasteiger partial charge in [0.05, 0.1) is 23.9 Å². The van der Waals surface area contributed by atoms with Crippen molar-refractivity contribution in [3.05, 3.63) is 29.3 Å². The Morgan fingerprint density at radius 3 is 2.96 bits per heavy atom. The third-order valence-corrected chi connectivity index (χ3v) is 4.48. The van der Waals surface area contributed by atoms with Crippen LogP contribution >= 0.6 is 0 Å². The number of amides is 1. The Morgan fingerprint density at radius 2 is 2.26 bits per heavy atom. The summed E-state index contributed by atoms with van der Waals surface area (Å²) in [7, 11) is 0. The quantitative estimate of drug-likeness (QED) is 0.903. The summed E-state index contributed by atoms with van der Waals surface area (Å²) in [5.41, 5.74) is 2.31. The molecule has 0 saturated heterocycles. The van der Waals surface area contributed by atoms with Gasteiger partial charge in [0.1, 0.15) is 5.69 Å². The van der Waals surface area contributed by atoms with E-state index in [2.05, 4.69) is 25.8 Å². The maximum Gasteiger partial charge on any atom is 0.228 e. The second-order valence-corrected chi connectivity index (χ2v) is 7.04. The monoisotopic (exact) mass is 316 g/mol. The van der Waals surface area contributed by atoms with Crippen LogP contribution in [0.3, 0.4) is 0 Å². The van der Waals surface area contributed by atoms with Crippen LogP contribution in [-0.2, 0) is 16.8 Å². The molecule has 1 unspecified atom stereocenters. The molecule has 1 atom stereocenters. The number of aromatic nitrogens is 5. The number of H-pyrrole nitrogens is 1. The van der Waals surface area contributed by atoms with Gasteiger partial charge in [-0.2, -0.15) is 5.10 Å². The maximum absolute atomic E-state index is 12.8. The molecule has 0 aliphatic heterocycles. The Bertz CT molecular complexity index is 699. The fourth-order valence-electron chi connectivity index (χ4n) is 3.01. The first kappa shape index (κ1) is 15.7. The highest BCUT2D eigenvalue weighted by Crippen LogP contribution is 2.31. The molecular formula is C16H24N6O. The van der Waals surface area contributed by atoms with E-state index in [1.807, 2.05) is 33.9 Å². The van der Waals surface area contributed by atoms with E-state index in [-0.39, 0.29) is 17.9 Å². The van der Waals surface area contributed by atoms with Crippen molar-refractivity contribution in [1.29, 1.82) is 0 Å². The van der Waals surface area contributed by atoms with Crippen LogP contribution in [0.25, 0.3) is 0 Å². The van der Waals surface area contributed by atoms with Crippen molar-refractivity contribution < 1.29 is 4.79 Å². The SMILES string of the molecule is CC(C)n1cc(C(C)(C)NC(=O)C2CCCc3[nH]ncc32)nn1. The van der Waals surface area contributed by atoms with Crippen molar-refractivity contribution in [2.45, 2.75) is 64.5 Å². The summed E-state index contributed by atoms with van der Waals surface area (Å²) in [6.07, 6.45) is 6.49. The van der Waals surface area contributed by atoms with E-state index in [0.29, 0.717) is 0 Å². The van der Waals surface area contributed by atoms with Crippen molar-refractivity contribution in [3.8, 4) is 0 Å². The van der Waals surface area contributed by atoms with Crippen LogP contribution in [0.4, 0.5) is 0 Å². The number of fused-ring (bicyclic) bond motifs is 1.